The van der Waals surface area contributed by atoms with E-state index >= 15 is 0 Å². The number of carbonyl (C=O) groups excluding carboxylic acids is 1. The Labute approximate surface area is 105 Å². The van der Waals surface area contributed by atoms with E-state index in [1.54, 1.807) is 19.1 Å². The minimum Gasteiger partial charge on any atom is -0.467 e. The number of nitrogens with zero attached hydrogens (tertiary/aromatic N) is 1. The van der Waals surface area contributed by atoms with Gasteiger partial charge in [0.25, 0.3) is 5.69 Å². The van der Waals surface area contributed by atoms with Gasteiger partial charge in [-0.2, -0.15) is 0 Å². The molecule has 6 heteroatoms. The average Bonchev–Trinajstić information content (AvgIpc) is 2.39. The van der Waals surface area contributed by atoms with E-state index in [1.807, 2.05) is 0 Å². The maximum atomic E-state index is 11.5. The molecule has 1 aromatic carbocycles. The molecule has 0 aliphatic rings. The molecule has 0 bridgehead atoms. The normalized spacial score (nSPS) is 13.7. The van der Waals surface area contributed by atoms with E-state index < -0.39 is 17.0 Å². The van der Waals surface area contributed by atoms with Gasteiger partial charge in [0.2, 0.25) is 0 Å². The molecule has 98 valence electrons. The molecule has 2 atom stereocenters. The first-order valence-electron chi connectivity index (χ1n) is 5.36. The summed E-state index contributed by atoms with van der Waals surface area (Å²) in [6, 6.07) is 6.02. The number of non-ortho nitro benzene ring substituents is 1. The Kier molecular flexibility index (Phi) is 4.79. The third-order valence-corrected chi connectivity index (χ3v) is 2.77. The van der Waals surface area contributed by atoms with Crippen LogP contribution in [-0.2, 0) is 14.3 Å². The number of benzene rings is 1. The van der Waals surface area contributed by atoms with Gasteiger partial charge in [0.05, 0.1) is 12.0 Å². The SMILES string of the molecule is COC(=O)C(OC)C(C)c1ccc([N+](=O)[O-])cc1. The first-order chi connectivity index (χ1) is 8.51. The molecule has 0 fully saturated rings. The van der Waals surface area contributed by atoms with E-state index in [-0.39, 0.29) is 11.6 Å². The second kappa shape index (κ2) is 6.11. The zero-order chi connectivity index (χ0) is 13.7. The van der Waals surface area contributed by atoms with Gasteiger partial charge in [0.1, 0.15) is 0 Å². The van der Waals surface area contributed by atoms with Gasteiger partial charge < -0.3 is 9.47 Å². The number of hydrogen-bond acceptors (Lipinski definition) is 5. The minimum atomic E-state index is -0.726. The van der Waals surface area contributed by atoms with Crippen molar-refractivity contribution in [2.45, 2.75) is 18.9 Å². The summed E-state index contributed by atoms with van der Waals surface area (Å²) in [4.78, 5) is 21.5. The standard InChI is InChI=1S/C12H15NO5/c1-8(11(17-2)12(14)18-3)9-4-6-10(7-5-9)13(15)16/h4-8,11H,1-3H3. The van der Waals surface area contributed by atoms with Crippen LogP contribution in [0, 0.1) is 10.1 Å². The zero-order valence-electron chi connectivity index (χ0n) is 10.5. The molecule has 6 nitrogen and oxygen atoms in total. The van der Waals surface area contributed by atoms with Crippen molar-refractivity contribution < 1.29 is 19.2 Å². The molecule has 0 saturated heterocycles. The van der Waals surface area contributed by atoms with Crippen molar-refractivity contribution in [2.75, 3.05) is 14.2 Å². The van der Waals surface area contributed by atoms with Gasteiger partial charge in [-0.15, -0.1) is 0 Å². The highest BCUT2D eigenvalue weighted by atomic mass is 16.6. The van der Waals surface area contributed by atoms with Crippen LogP contribution in [0.5, 0.6) is 0 Å². The second-order valence-corrected chi connectivity index (χ2v) is 3.82. The summed E-state index contributed by atoms with van der Waals surface area (Å²) in [5.74, 6) is -0.716. The van der Waals surface area contributed by atoms with Crippen molar-refractivity contribution in [1.82, 2.24) is 0 Å². The van der Waals surface area contributed by atoms with Crippen LogP contribution in [0.3, 0.4) is 0 Å². The number of ether oxygens (including phenoxy) is 2. The fourth-order valence-corrected chi connectivity index (χ4v) is 1.70. The van der Waals surface area contributed by atoms with Crippen LogP contribution in [-0.4, -0.2) is 31.2 Å². The van der Waals surface area contributed by atoms with Crippen LogP contribution in [0.1, 0.15) is 18.4 Å². The van der Waals surface area contributed by atoms with Crippen molar-refractivity contribution in [3.05, 3.63) is 39.9 Å². The van der Waals surface area contributed by atoms with Crippen LogP contribution in [0.4, 0.5) is 5.69 Å². The van der Waals surface area contributed by atoms with Crippen molar-refractivity contribution in [1.29, 1.82) is 0 Å². The molecule has 0 N–H and O–H groups in total. The number of methoxy groups -OCH3 is 2. The van der Waals surface area contributed by atoms with Gasteiger partial charge >= 0.3 is 5.97 Å². The lowest BCUT2D eigenvalue weighted by molar-refractivity contribution is -0.384. The van der Waals surface area contributed by atoms with Crippen molar-refractivity contribution in [3.63, 3.8) is 0 Å². The smallest absolute Gasteiger partial charge is 0.335 e. The van der Waals surface area contributed by atoms with Crippen LogP contribution in [0.25, 0.3) is 0 Å². The lowest BCUT2D eigenvalue weighted by atomic mass is 9.95. The van der Waals surface area contributed by atoms with Crippen LogP contribution in [0.15, 0.2) is 24.3 Å². The Morgan fingerprint density at radius 2 is 1.83 bits per heavy atom. The van der Waals surface area contributed by atoms with Crippen LogP contribution < -0.4 is 0 Å². The van der Waals surface area contributed by atoms with Gasteiger partial charge in [0.15, 0.2) is 6.10 Å². The van der Waals surface area contributed by atoms with E-state index in [2.05, 4.69) is 4.74 Å². The fraction of sp³-hybridized carbons (Fsp3) is 0.417. The molecular formula is C12H15NO5. The summed E-state index contributed by atoms with van der Waals surface area (Å²) < 4.78 is 9.72. The van der Waals surface area contributed by atoms with E-state index in [4.69, 9.17) is 4.74 Å². The summed E-state index contributed by atoms with van der Waals surface area (Å²) in [6.07, 6.45) is -0.726. The number of hydrogen-bond donors (Lipinski definition) is 0. The number of nitro benzene ring substituents is 1. The Hall–Kier alpha value is -1.95. The molecular weight excluding hydrogens is 238 g/mol. The molecule has 0 amide bonds. The van der Waals surface area contributed by atoms with Crippen molar-refractivity contribution in [2.24, 2.45) is 0 Å². The first kappa shape index (κ1) is 14.1. The molecule has 0 aliphatic carbocycles. The predicted molar refractivity (Wildman–Crippen MR) is 64.3 cm³/mol. The molecule has 1 aromatic rings. The second-order valence-electron chi connectivity index (χ2n) is 3.82. The summed E-state index contributed by atoms with van der Waals surface area (Å²) >= 11 is 0. The topological polar surface area (TPSA) is 78.7 Å². The largest absolute Gasteiger partial charge is 0.467 e. The molecule has 0 aliphatic heterocycles. The number of esters is 1. The molecule has 0 radical (unpaired) electrons. The summed E-state index contributed by atoms with van der Waals surface area (Å²) in [6.45, 7) is 1.80. The molecule has 0 spiro atoms. The van der Waals surface area contributed by atoms with Crippen LogP contribution >= 0.6 is 0 Å². The van der Waals surface area contributed by atoms with E-state index in [9.17, 15) is 14.9 Å². The lowest BCUT2D eigenvalue weighted by Gasteiger charge is -2.20. The number of nitro groups is 1. The molecule has 1 rings (SSSR count). The summed E-state index contributed by atoms with van der Waals surface area (Å²) in [7, 11) is 2.71. The highest BCUT2D eigenvalue weighted by molar-refractivity contribution is 5.75. The zero-order valence-corrected chi connectivity index (χ0v) is 10.5. The molecule has 0 saturated carbocycles. The number of carbonyl (C=O) groups is 1. The predicted octanol–water partition coefficient (Wildman–Crippen LogP) is 1.89. The average molecular weight is 253 g/mol. The maximum absolute atomic E-state index is 11.5. The Morgan fingerprint density at radius 1 is 1.28 bits per heavy atom. The Morgan fingerprint density at radius 3 is 2.22 bits per heavy atom. The third kappa shape index (κ3) is 3.04. The van der Waals surface area contributed by atoms with Crippen molar-refractivity contribution >= 4 is 11.7 Å². The fourth-order valence-electron chi connectivity index (χ4n) is 1.70. The lowest BCUT2D eigenvalue weighted by Crippen LogP contribution is -2.29. The quantitative estimate of drug-likeness (QED) is 0.455. The summed E-state index contributed by atoms with van der Waals surface area (Å²) in [5.41, 5.74) is 0.788. The highest BCUT2D eigenvalue weighted by Gasteiger charge is 2.27. The van der Waals surface area contributed by atoms with Crippen molar-refractivity contribution in [3.8, 4) is 0 Å². The molecule has 18 heavy (non-hydrogen) atoms. The summed E-state index contributed by atoms with van der Waals surface area (Å²) in [5, 5.41) is 10.5. The highest BCUT2D eigenvalue weighted by Crippen LogP contribution is 2.24. The first-order valence-corrected chi connectivity index (χ1v) is 5.36. The Balaban J connectivity index is 2.91. The molecule has 0 heterocycles. The van der Waals surface area contributed by atoms with Crippen LogP contribution in [0.2, 0.25) is 0 Å². The van der Waals surface area contributed by atoms with Gasteiger partial charge in [0, 0.05) is 25.2 Å². The molecule has 0 aromatic heterocycles. The monoisotopic (exact) mass is 253 g/mol. The Bertz CT molecular complexity index is 429. The number of rotatable bonds is 5. The van der Waals surface area contributed by atoms with E-state index in [1.165, 1.54) is 26.4 Å². The maximum Gasteiger partial charge on any atom is 0.335 e. The van der Waals surface area contributed by atoms with Gasteiger partial charge in [-0.25, -0.2) is 4.79 Å². The third-order valence-electron chi connectivity index (χ3n) is 2.77. The van der Waals surface area contributed by atoms with Gasteiger partial charge in [-0.3, -0.25) is 10.1 Å². The molecule has 2 unspecified atom stereocenters. The van der Waals surface area contributed by atoms with Gasteiger partial charge in [-0.1, -0.05) is 19.1 Å². The van der Waals surface area contributed by atoms with E-state index in [0.717, 1.165) is 5.56 Å². The minimum absolute atomic E-state index is 0.0120. The van der Waals surface area contributed by atoms with Gasteiger partial charge in [-0.05, 0) is 5.56 Å². The van der Waals surface area contributed by atoms with E-state index in [0.29, 0.717) is 0 Å².